The van der Waals surface area contributed by atoms with E-state index < -0.39 is 12.1 Å². The summed E-state index contributed by atoms with van der Waals surface area (Å²) in [6.07, 6.45) is 0.326. The Balaban J connectivity index is 2.32. The largest absolute Gasteiger partial charge is 0.478 e. The van der Waals surface area contributed by atoms with Crippen LogP contribution in [-0.2, 0) is 0 Å². The molecule has 1 aromatic rings. The Bertz CT molecular complexity index is 395. The number of hydrogen-bond donors (Lipinski definition) is 2. The third kappa shape index (κ3) is 1.94. The molecule has 0 bridgehead atoms. The van der Waals surface area contributed by atoms with Gasteiger partial charge < -0.3 is 10.2 Å². The first-order valence-electron chi connectivity index (χ1n) is 5.31. The number of nitrogens with zero attached hydrogens (tertiary/aromatic N) is 1. The fourth-order valence-corrected chi connectivity index (χ4v) is 2.26. The van der Waals surface area contributed by atoms with Gasteiger partial charge in [-0.15, -0.1) is 0 Å². The van der Waals surface area contributed by atoms with Crippen LogP contribution in [0.2, 0.25) is 0 Å². The molecule has 0 saturated carbocycles. The van der Waals surface area contributed by atoms with Gasteiger partial charge in [-0.3, -0.25) is 4.90 Å². The maximum absolute atomic E-state index is 10.9. The lowest BCUT2D eigenvalue weighted by molar-refractivity contribution is 0.0696. The van der Waals surface area contributed by atoms with Gasteiger partial charge in [0, 0.05) is 6.54 Å². The minimum atomic E-state index is -0.933. The molecule has 2 unspecified atom stereocenters. The highest BCUT2D eigenvalue weighted by atomic mass is 16.4. The Morgan fingerprint density at radius 3 is 2.81 bits per heavy atom. The standard InChI is InChI=1S/C12H15NO3/c1-13-6-5-10(14)11(13)8-3-2-4-9(7-8)12(15)16/h2-4,7,10-11,14H,5-6H2,1H3,(H,15,16). The summed E-state index contributed by atoms with van der Waals surface area (Å²) in [4.78, 5) is 12.9. The van der Waals surface area contributed by atoms with Crippen LogP contribution in [0.4, 0.5) is 0 Å². The quantitative estimate of drug-likeness (QED) is 0.785. The maximum Gasteiger partial charge on any atom is 0.335 e. The number of carboxylic acids is 1. The van der Waals surface area contributed by atoms with Gasteiger partial charge in [-0.25, -0.2) is 4.79 Å². The van der Waals surface area contributed by atoms with Crippen molar-refractivity contribution in [3.8, 4) is 0 Å². The van der Waals surface area contributed by atoms with Gasteiger partial charge in [-0.05, 0) is 31.2 Å². The summed E-state index contributed by atoms with van der Waals surface area (Å²) in [6.45, 7) is 0.836. The Kier molecular flexibility index (Phi) is 2.94. The molecular weight excluding hydrogens is 206 g/mol. The van der Waals surface area contributed by atoms with Gasteiger partial charge in [-0.1, -0.05) is 12.1 Å². The molecule has 1 aliphatic rings. The highest BCUT2D eigenvalue weighted by Crippen LogP contribution is 2.31. The van der Waals surface area contributed by atoms with Crippen LogP contribution in [0.3, 0.4) is 0 Å². The molecule has 0 aromatic heterocycles. The van der Waals surface area contributed by atoms with Crippen molar-refractivity contribution < 1.29 is 15.0 Å². The van der Waals surface area contributed by atoms with E-state index in [2.05, 4.69) is 0 Å². The van der Waals surface area contributed by atoms with Gasteiger partial charge in [-0.2, -0.15) is 0 Å². The van der Waals surface area contributed by atoms with Crippen LogP contribution in [0.1, 0.15) is 28.4 Å². The fourth-order valence-electron chi connectivity index (χ4n) is 2.26. The molecule has 1 saturated heterocycles. The highest BCUT2D eigenvalue weighted by Gasteiger charge is 2.31. The maximum atomic E-state index is 10.9. The molecule has 1 heterocycles. The number of benzene rings is 1. The molecule has 0 aliphatic carbocycles. The lowest BCUT2D eigenvalue weighted by Crippen LogP contribution is -2.23. The second-order valence-electron chi connectivity index (χ2n) is 4.21. The van der Waals surface area contributed by atoms with Crippen LogP contribution in [-0.4, -0.2) is 40.8 Å². The Morgan fingerprint density at radius 1 is 1.50 bits per heavy atom. The monoisotopic (exact) mass is 221 g/mol. The van der Waals surface area contributed by atoms with Crippen LogP contribution in [0.5, 0.6) is 0 Å². The summed E-state index contributed by atoms with van der Waals surface area (Å²) >= 11 is 0. The number of carbonyl (C=O) groups is 1. The summed E-state index contributed by atoms with van der Waals surface area (Å²) < 4.78 is 0. The van der Waals surface area contributed by atoms with Crippen molar-refractivity contribution in [2.45, 2.75) is 18.6 Å². The van der Waals surface area contributed by atoms with E-state index in [9.17, 15) is 9.90 Å². The second-order valence-corrected chi connectivity index (χ2v) is 4.21. The summed E-state index contributed by atoms with van der Waals surface area (Å²) in [7, 11) is 1.94. The average Bonchev–Trinajstić information content (AvgIpc) is 2.59. The highest BCUT2D eigenvalue weighted by molar-refractivity contribution is 5.87. The van der Waals surface area contributed by atoms with Gasteiger partial charge in [0.2, 0.25) is 0 Å². The SMILES string of the molecule is CN1CCC(O)C1c1cccc(C(=O)O)c1. The number of aliphatic hydroxyl groups excluding tert-OH is 1. The minimum absolute atomic E-state index is 0.0840. The number of aromatic carboxylic acids is 1. The van der Waals surface area contributed by atoms with Crippen LogP contribution in [0.15, 0.2) is 24.3 Å². The molecule has 2 N–H and O–H groups in total. The topological polar surface area (TPSA) is 60.8 Å². The van der Waals surface area contributed by atoms with Crippen molar-refractivity contribution in [1.29, 1.82) is 0 Å². The first-order chi connectivity index (χ1) is 7.59. The van der Waals surface area contributed by atoms with Gasteiger partial charge in [0.1, 0.15) is 0 Å². The van der Waals surface area contributed by atoms with Crippen molar-refractivity contribution in [1.82, 2.24) is 4.90 Å². The van der Waals surface area contributed by atoms with Crippen LogP contribution < -0.4 is 0 Å². The number of hydrogen-bond acceptors (Lipinski definition) is 3. The first-order valence-corrected chi connectivity index (χ1v) is 5.31. The molecule has 16 heavy (non-hydrogen) atoms. The van der Waals surface area contributed by atoms with Crippen molar-refractivity contribution >= 4 is 5.97 Å². The van der Waals surface area contributed by atoms with E-state index in [1.54, 1.807) is 18.2 Å². The minimum Gasteiger partial charge on any atom is -0.478 e. The second kappa shape index (κ2) is 4.23. The van der Waals surface area contributed by atoms with E-state index in [4.69, 9.17) is 5.11 Å². The fraction of sp³-hybridized carbons (Fsp3) is 0.417. The smallest absolute Gasteiger partial charge is 0.335 e. The Labute approximate surface area is 94.1 Å². The molecule has 0 radical (unpaired) electrons. The zero-order valence-electron chi connectivity index (χ0n) is 9.13. The Hall–Kier alpha value is -1.39. The Morgan fingerprint density at radius 2 is 2.25 bits per heavy atom. The molecule has 0 spiro atoms. The van der Waals surface area contributed by atoms with Crippen molar-refractivity contribution in [2.75, 3.05) is 13.6 Å². The molecule has 2 atom stereocenters. The van der Waals surface area contributed by atoms with E-state index in [0.717, 1.165) is 18.5 Å². The number of carboxylic acid groups (broad SMARTS) is 1. The number of likely N-dealkylation sites (N-methyl/N-ethyl adjacent to an activating group) is 1. The van der Waals surface area contributed by atoms with Gasteiger partial charge in [0.25, 0.3) is 0 Å². The summed E-state index contributed by atoms with van der Waals surface area (Å²) in [5.74, 6) is -0.933. The lowest BCUT2D eigenvalue weighted by atomic mass is 10.0. The number of rotatable bonds is 2. The van der Waals surface area contributed by atoms with Crippen molar-refractivity contribution in [2.24, 2.45) is 0 Å². The zero-order chi connectivity index (χ0) is 11.7. The molecule has 1 aromatic carbocycles. The molecule has 4 nitrogen and oxygen atoms in total. The van der Waals surface area contributed by atoms with Crippen molar-refractivity contribution in [3.05, 3.63) is 35.4 Å². The molecule has 4 heteroatoms. The zero-order valence-corrected chi connectivity index (χ0v) is 9.13. The van der Waals surface area contributed by atoms with Crippen molar-refractivity contribution in [3.63, 3.8) is 0 Å². The van der Waals surface area contributed by atoms with Crippen LogP contribution in [0, 0.1) is 0 Å². The molecule has 2 rings (SSSR count). The predicted molar refractivity (Wildman–Crippen MR) is 59.4 cm³/mol. The first kappa shape index (κ1) is 11.1. The molecule has 1 aliphatic heterocycles. The van der Waals surface area contributed by atoms with Gasteiger partial charge in [0.05, 0.1) is 17.7 Å². The number of aliphatic hydroxyl groups is 1. The van der Waals surface area contributed by atoms with Gasteiger partial charge >= 0.3 is 5.97 Å². The van der Waals surface area contributed by atoms with E-state index in [1.165, 1.54) is 0 Å². The van der Waals surface area contributed by atoms with E-state index in [0.29, 0.717) is 0 Å². The summed E-state index contributed by atoms with van der Waals surface area (Å²) in [5, 5.41) is 18.8. The molecule has 0 amide bonds. The molecular formula is C12H15NO3. The average molecular weight is 221 g/mol. The molecule has 86 valence electrons. The summed E-state index contributed by atoms with van der Waals surface area (Å²) in [6, 6.07) is 6.70. The third-order valence-electron chi connectivity index (χ3n) is 3.09. The predicted octanol–water partition coefficient (Wildman–Crippen LogP) is 1.12. The van der Waals surface area contributed by atoms with E-state index in [1.807, 2.05) is 18.0 Å². The van der Waals surface area contributed by atoms with E-state index in [-0.39, 0.29) is 11.6 Å². The van der Waals surface area contributed by atoms with E-state index >= 15 is 0 Å². The third-order valence-corrected chi connectivity index (χ3v) is 3.09. The number of likely N-dealkylation sites (tertiary alicyclic amines) is 1. The summed E-state index contributed by atoms with van der Waals surface area (Å²) in [5.41, 5.74) is 1.14. The lowest BCUT2D eigenvalue weighted by Gasteiger charge is -2.22. The van der Waals surface area contributed by atoms with Crippen LogP contribution in [0.25, 0.3) is 0 Å². The normalized spacial score (nSPS) is 25.9. The van der Waals surface area contributed by atoms with Crippen LogP contribution >= 0.6 is 0 Å². The van der Waals surface area contributed by atoms with Gasteiger partial charge in [0.15, 0.2) is 0 Å². The molecule has 1 fully saturated rings.